The molecule has 0 saturated carbocycles. The second kappa shape index (κ2) is 8.60. The monoisotopic (exact) mass is 472 g/mol. The van der Waals surface area contributed by atoms with Gasteiger partial charge in [0.05, 0.1) is 28.1 Å². The van der Waals surface area contributed by atoms with Crippen molar-refractivity contribution in [1.29, 1.82) is 0 Å². The van der Waals surface area contributed by atoms with E-state index in [1.807, 2.05) is 0 Å². The first-order valence-corrected chi connectivity index (χ1v) is 11.3. The van der Waals surface area contributed by atoms with Gasteiger partial charge in [0.15, 0.2) is 11.6 Å². The van der Waals surface area contributed by atoms with Crippen molar-refractivity contribution in [3.63, 3.8) is 0 Å². The van der Waals surface area contributed by atoms with E-state index in [4.69, 9.17) is 16.3 Å². The van der Waals surface area contributed by atoms with Gasteiger partial charge in [-0.05, 0) is 61.0 Å². The van der Waals surface area contributed by atoms with Gasteiger partial charge in [-0.25, -0.2) is 22.8 Å². The molecule has 0 bridgehead atoms. The molecular formula is C22H18ClFN4O3S. The Morgan fingerprint density at radius 2 is 1.66 bits per heavy atom. The molecule has 164 valence electrons. The molecule has 3 aromatic carbocycles. The van der Waals surface area contributed by atoms with Crippen LogP contribution in [-0.2, 0) is 10.0 Å². The Morgan fingerprint density at radius 3 is 2.28 bits per heavy atom. The van der Waals surface area contributed by atoms with E-state index in [1.54, 1.807) is 42.5 Å². The van der Waals surface area contributed by atoms with Crippen LogP contribution in [0.4, 0.5) is 21.7 Å². The second-order valence-electron chi connectivity index (χ2n) is 6.90. The Balaban J connectivity index is 1.78. The van der Waals surface area contributed by atoms with Gasteiger partial charge < -0.3 is 10.1 Å². The third kappa shape index (κ3) is 4.44. The molecule has 0 spiro atoms. The van der Waals surface area contributed by atoms with Crippen LogP contribution >= 0.6 is 11.6 Å². The molecule has 0 aliphatic carbocycles. The third-order valence-electron chi connectivity index (χ3n) is 4.64. The number of aromatic nitrogens is 2. The molecule has 32 heavy (non-hydrogen) atoms. The quantitative estimate of drug-likeness (QED) is 0.396. The van der Waals surface area contributed by atoms with Crippen LogP contribution in [0.15, 0.2) is 65.6 Å². The van der Waals surface area contributed by atoms with Gasteiger partial charge in [0, 0.05) is 5.69 Å². The molecule has 0 aliphatic rings. The number of ether oxygens (including phenoxy) is 1. The fraction of sp³-hybridized carbons (Fsp3) is 0.0909. The lowest BCUT2D eigenvalue weighted by Crippen LogP contribution is -2.17. The van der Waals surface area contributed by atoms with Gasteiger partial charge in [-0.15, -0.1) is 0 Å². The van der Waals surface area contributed by atoms with E-state index in [0.717, 1.165) is 12.1 Å². The highest BCUT2D eigenvalue weighted by atomic mass is 35.5. The normalized spacial score (nSPS) is 11.4. The standard InChI is InChI=1S/C22H18ClFN4O3S/c1-13-11-14(24)7-10-20(13)32(29,30)28-22-21(26-17-5-3-4-6-18(17)27-22)25-15-8-9-19(31-2)16(23)12-15/h3-12H,1-2H3,(H,25,26)(H,27,28). The van der Waals surface area contributed by atoms with Gasteiger partial charge in [-0.3, -0.25) is 4.72 Å². The molecule has 4 aromatic rings. The van der Waals surface area contributed by atoms with Crippen LogP contribution < -0.4 is 14.8 Å². The fourth-order valence-corrected chi connectivity index (χ4v) is 4.63. The SMILES string of the molecule is COc1ccc(Nc2nc3ccccc3nc2NS(=O)(=O)c2ccc(F)cc2C)cc1Cl. The van der Waals surface area contributed by atoms with E-state index < -0.39 is 15.8 Å². The summed E-state index contributed by atoms with van der Waals surface area (Å²) in [7, 11) is -2.56. The van der Waals surface area contributed by atoms with Crippen LogP contribution in [0.5, 0.6) is 5.75 Å². The Kier molecular flexibility index (Phi) is 5.86. The topological polar surface area (TPSA) is 93.2 Å². The average Bonchev–Trinajstić information content (AvgIpc) is 2.74. The van der Waals surface area contributed by atoms with Crippen LogP contribution in [0.1, 0.15) is 5.56 Å². The summed E-state index contributed by atoms with van der Waals surface area (Å²) in [5, 5.41) is 3.42. The van der Waals surface area contributed by atoms with Crippen molar-refractivity contribution in [1.82, 2.24) is 9.97 Å². The van der Waals surface area contributed by atoms with E-state index in [0.29, 0.717) is 27.5 Å². The van der Waals surface area contributed by atoms with Crippen LogP contribution in [-0.4, -0.2) is 25.5 Å². The van der Waals surface area contributed by atoms with Crippen molar-refractivity contribution in [2.75, 3.05) is 17.1 Å². The van der Waals surface area contributed by atoms with Gasteiger partial charge >= 0.3 is 0 Å². The lowest BCUT2D eigenvalue weighted by atomic mass is 10.2. The summed E-state index contributed by atoms with van der Waals surface area (Å²) in [5.41, 5.74) is 1.89. The molecule has 1 aromatic heterocycles. The summed E-state index contributed by atoms with van der Waals surface area (Å²) in [6.07, 6.45) is 0. The van der Waals surface area contributed by atoms with Gasteiger partial charge in [0.1, 0.15) is 11.6 Å². The molecule has 0 atom stereocenters. The van der Waals surface area contributed by atoms with E-state index in [1.165, 1.54) is 20.1 Å². The summed E-state index contributed by atoms with van der Waals surface area (Å²) >= 11 is 6.20. The molecule has 0 amide bonds. The minimum absolute atomic E-state index is 0.0145. The number of fused-ring (bicyclic) bond motifs is 1. The number of anilines is 3. The summed E-state index contributed by atoms with van der Waals surface area (Å²) in [4.78, 5) is 8.90. The van der Waals surface area contributed by atoms with Gasteiger partial charge in [-0.2, -0.15) is 0 Å². The highest BCUT2D eigenvalue weighted by Gasteiger charge is 2.21. The molecular weight excluding hydrogens is 455 g/mol. The Hall–Kier alpha value is -3.43. The summed E-state index contributed by atoms with van der Waals surface area (Å²) < 4.78 is 47.2. The van der Waals surface area contributed by atoms with Crippen molar-refractivity contribution < 1.29 is 17.5 Å². The number of hydrogen-bond acceptors (Lipinski definition) is 6. The van der Waals surface area contributed by atoms with Crippen LogP contribution in [0, 0.1) is 12.7 Å². The molecule has 0 fully saturated rings. The first kappa shape index (κ1) is 21.8. The molecule has 7 nitrogen and oxygen atoms in total. The van der Waals surface area contributed by atoms with E-state index in [9.17, 15) is 12.8 Å². The number of halogens is 2. The van der Waals surface area contributed by atoms with Gasteiger partial charge in [0.25, 0.3) is 10.0 Å². The molecule has 0 saturated heterocycles. The van der Waals surface area contributed by atoms with Crippen molar-refractivity contribution >= 4 is 50.0 Å². The smallest absolute Gasteiger partial charge is 0.263 e. The number of para-hydroxylation sites is 2. The van der Waals surface area contributed by atoms with Crippen LogP contribution in [0.2, 0.25) is 5.02 Å². The van der Waals surface area contributed by atoms with E-state index in [-0.39, 0.29) is 22.1 Å². The highest BCUT2D eigenvalue weighted by molar-refractivity contribution is 7.92. The van der Waals surface area contributed by atoms with Crippen molar-refractivity contribution in [2.45, 2.75) is 11.8 Å². The number of nitrogens with one attached hydrogen (secondary N) is 2. The molecule has 0 unspecified atom stereocenters. The fourth-order valence-electron chi connectivity index (χ4n) is 3.14. The minimum atomic E-state index is -4.07. The number of aryl methyl sites for hydroxylation is 1. The summed E-state index contributed by atoms with van der Waals surface area (Å²) in [6.45, 7) is 1.52. The number of benzene rings is 3. The lowest BCUT2D eigenvalue weighted by Gasteiger charge is -2.15. The number of methoxy groups -OCH3 is 1. The number of hydrogen-bond donors (Lipinski definition) is 2. The Morgan fingerprint density at radius 1 is 0.969 bits per heavy atom. The van der Waals surface area contributed by atoms with E-state index in [2.05, 4.69) is 20.0 Å². The molecule has 1 heterocycles. The predicted octanol–water partition coefficient (Wildman–Crippen LogP) is 5.28. The van der Waals surface area contributed by atoms with Crippen LogP contribution in [0.3, 0.4) is 0 Å². The molecule has 10 heteroatoms. The second-order valence-corrected chi connectivity index (χ2v) is 8.96. The maximum atomic E-state index is 13.5. The lowest BCUT2D eigenvalue weighted by molar-refractivity contribution is 0.415. The maximum Gasteiger partial charge on any atom is 0.263 e. The Bertz CT molecular complexity index is 1430. The largest absolute Gasteiger partial charge is 0.495 e. The minimum Gasteiger partial charge on any atom is -0.495 e. The zero-order valence-electron chi connectivity index (χ0n) is 17.1. The van der Waals surface area contributed by atoms with Crippen molar-refractivity contribution in [2.24, 2.45) is 0 Å². The van der Waals surface area contributed by atoms with Gasteiger partial charge in [-0.1, -0.05) is 23.7 Å². The zero-order chi connectivity index (χ0) is 22.9. The number of sulfonamides is 1. The van der Waals surface area contributed by atoms with Crippen molar-refractivity contribution in [3.05, 3.63) is 77.1 Å². The average molecular weight is 473 g/mol. The first-order valence-electron chi connectivity index (χ1n) is 9.43. The summed E-state index contributed by atoms with van der Waals surface area (Å²) in [5.74, 6) is 0.132. The maximum absolute atomic E-state index is 13.5. The van der Waals surface area contributed by atoms with Gasteiger partial charge in [0.2, 0.25) is 0 Å². The van der Waals surface area contributed by atoms with E-state index >= 15 is 0 Å². The number of rotatable bonds is 6. The third-order valence-corrected chi connectivity index (χ3v) is 6.44. The molecule has 2 N–H and O–H groups in total. The highest BCUT2D eigenvalue weighted by Crippen LogP contribution is 2.31. The van der Waals surface area contributed by atoms with Crippen LogP contribution in [0.25, 0.3) is 11.0 Å². The predicted molar refractivity (Wildman–Crippen MR) is 123 cm³/mol. The molecule has 4 rings (SSSR count). The first-order chi connectivity index (χ1) is 15.3. The summed E-state index contributed by atoms with van der Waals surface area (Å²) in [6, 6.07) is 15.5. The number of nitrogens with zero attached hydrogens (tertiary/aromatic N) is 2. The zero-order valence-corrected chi connectivity index (χ0v) is 18.6. The van der Waals surface area contributed by atoms with Crippen molar-refractivity contribution in [3.8, 4) is 5.75 Å². The molecule has 0 aliphatic heterocycles. The molecule has 0 radical (unpaired) electrons. The Labute approximate surface area is 189 Å².